The summed E-state index contributed by atoms with van der Waals surface area (Å²) in [5, 5.41) is 0.647. The lowest BCUT2D eigenvalue weighted by Crippen LogP contribution is -1.94. The van der Waals surface area contributed by atoms with Crippen LogP contribution in [0.1, 0.15) is 18.1 Å². The first-order valence-corrected chi connectivity index (χ1v) is 5.33. The Bertz CT molecular complexity index is 361. The van der Waals surface area contributed by atoms with E-state index in [0.717, 1.165) is 23.3 Å². The van der Waals surface area contributed by atoms with Gasteiger partial charge in [0, 0.05) is 6.54 Å². The predicted octanol–water partition coefficient (Wildman–Crippen LogP) is 2.88. The molecule has 1 aromatic rings. The van der Waals surface area contributed by atoms with Crippen molar-refractivity contribution in [1.82, 2.24) is 0 Å². The average molecular weight is 226 g/mol. The van der Waals surface area contributed by atoms with Crippen molar-refractivity contribution in [3.8, 4) is 5.75 Å². The first-order valence-electron chi connectivity index (χ1n) is 4.96. The second-order valence-electron chi connectivity index (χ2n) is 3.19. The fourth-order valence-electron chi connectivity index (χ4n) is 1.47. The summed E-state index contributed by atoms with van der Waals surface area (Å²) in [5.74, 6) is 0.768. The molecule has 0 aliphatic heterocycles. The number of benzene rings is 1. The maximum atomic E-state index is 6.10. The number of nitrogens with two attached hydrogens (primary N) is 1. The molecule has 0 bridgehead atoms. The van der Waals surface area contributed by atoms with Crippen molar-refractivity contribution < 1.29 is 4.74 Å². The standard InChI is InChI=1S/C12H16ClNO/c1-3-10-7-9(5-4-6-14)8-11(13)12(10)15-2/h4-5,7-8H,3,6,14H2,1-2H3/b5-4+. The summed E-state index contributed by atoms with van der Waals surface area (Å²) < 4.78 is 5.25. The predicted molar refractivity (Wildman–Crippen MR) is 65.5 cm³/mol. The Balaban J connectivity index is 3.13. The summed E-state index contributed by atoms with van der Waals surface area (Å²) >= 11 is 6.10. The maximum Gasteiger partial charge on any atom is 0.140 e. The minimum Gasteiger partial charge on any atom is -0.495 e. The van der Waals surface area contributed by atoms with Crippen LogP contribution in [0.2, 0.25) is 5.02 Å². The van der Waals surface area contributed by atoms with Gasteiger partial charge >= 0.3 is 0 Å². The van der Waals surface area contributed by atoms with Gasteiger partial charge in [0.1, 0.15) is 5.75 Å². The molecule has 0 saturated carbocycles. The minimum atomic E-state index is 0.533. The van der Waals surface area contributed by atoms with Crippen molar-refractivity contribution in [2.45, 2.75) is 13.3 Å². The van der Waals surface area contributed by atoms with E-state index in [1.807, 2.05) is 18.2 Å². The summed E-state index contributed by atoms with van der Waals surface area (Å²) in [6.45, 7) is 2.61. The molecule has 2 N–H and O–H groups in total. The zero-order valence-corrected chi connectivity index (χ0v) is 9.84. The van der Waals surface area contributed by atoms with E-state index in [4.69, 9.17) is 22.1 Å². The third kappa shape index (κ3) is 2.98. The Kier molecular flexibility index (Phi) is 4.66. The third-order valence-electron chi connectivity index (χ3n) is 2.17. The van der Waals surface area contributed by atoms with Crippen LogP contribution in [0.5, 0.6) is 5.75 Å². The fourth-order valence-corrected chi connectivity index (χ4v) is 1.79. The van der Waals surface area contributed by atoms with Crippen molar-refractivity contribution in [2.24, 2.45) is 5.73 Å². The van der Waals surface area contributed by atoms with E-state index in [1.165, 1.54) is 0 Å². The van der Waals surface area contributed by atoms with E-state index in [-0.39, 0.29) is 0 Å². The lowest BCUT2D eigenvalue weighted by molar-refractivity contribution is 0.410. The van der Waals surface area contributed by atoms with Crippen LogP contribution in [-0.4, -0.2) is 13.7 Å². The highest BCUT2D eigenvalue weighted by Gasteiger charge is 2.07. The smallest absolute Gasteiger partial charge is 0.140 e. The van der Waals surface area contributed by atoms with Crippen molar-refractivity contribution in [3.63, 3.8) is 0 Å². The van der Waals surface area contributed by atoms with E-state index < -0.39 is 0 Å². The normalized spacial score (nSPS) is 10.9. The molecule has 0 saturated heterocycles. The highest BCUT2D eigenvalue weighted by Crippen LogP contribution is 2.30. The molecular weight excluding hydrogens is 210 g/mol. The number of methoxy groups -OCH3 is 1. The Hall–Kier alpha value is -0.990. The number of aryl methyl sites for hydroxylation is 1. The van der Waals surface area contributed by atoms with Crippen LogP contribution in [-0.2, 0) is 6.42 Å². The zero-order valence-electron chi connectivity index (χ0n) is 9.09. The van der Waals surface area contributed by atoms with Crippen LogP contribution in [0, 0.1) is 0 Å². The summed E-state index contributed by atoms with van der Waals surface area (Å²) in [4.78, 5) is 0. The topological polar surface area (TPSA) is 35.2 Å². The SMILES string of the molecule is CCc1cc(/C=C/CN)cc(Cl)c1OC. The van der Waals surface area contributed by atoms with Gasteiger partial charge in [-0.1, -0.05) is 30.7 Å². The van der Waals surface area contributed by atoms with Gasteiger partial charge in [-0.3, -0.25) is 0 Å². The van der Waals surface area contributed by atoms with Gasteiger partial charge in [-0.15, -0.1) is 0 Å². The van der Waals surface area contributed by atoms with Gasteiger partial charge in [-0.05, 0) is 29.7 Å². The molecule has 82 valence electrons. The fraction of sp³-hybridized carbons (Fsp3) is 0.333. The van der Waals surface area contributed by atoms with Gasteiger partial charge in [-0.2, -0.15) is 0 Å². The van der Waals surface area contributed by atoms with Crippen LogP contribution in [0.4, 0.5) is 0 Å². The lowest BCUT2D eigenvalue weighted by atomic mass is 10.1. The summed E-state index contributed by atoms with van der Waals surface area (Å²) in [7, 11) is 1.63. The van der Waals surface area contributed by atoms with E-state index >= 15 is 0 Å². The number of hydrogen-bond acceptors (Lipinski definition) is 2. The van der Waals surface area contributed by atoms with E-state index in [1.54, 1.807) is 7.11 Å². The van der Waals surface area contributed by atoms with E-state index in [9.17, 15) is 0 Å². The van der Waals surface area contributed by atoms with Gasteiger partial charge in [0.2, 0.25) is 0 Å². The lowest BCUT2D eigenvalue weighted by Gasteiger charge is -2.09. The van der Waals surface area contributed by atoms with Gasteiger partial charge in [-0.25, -0.2) is 0 Å². The highest BCUT2D eigenvalue weighted by atomic mass is 35.5. The van der Waals surface area contributed by atoms with Crippen LogP contribution in [0.15, 0.2) is 18.2 Å². The Morgan fingerprint density at radius 2 is 2.20 bits per heavy atom. The van der Waals surface area contributed by atoms with Crippen LogP contribution >= 0.6 is 11.6 Å². The number of halogens is 1. The molecular formula is C12H16ClNO. The zero-order chi connectivity index (χ0) is 11.3. The molecule has 0 atom stereocenters. The van der Waals surface area contributed by atoms with Crippen molar-refractivity contribution >= 4 is 17.7 Å². The molecule has 0 radical (unpaired) electrons. The van der Waals surface area contributed by atoms with Gasteiger partial charge in [0.05, 0.1) is 12.1 Å². The van der Waals surface area contributed by atoms with Crippen LogP contribution in [0.25, 0.3) is 6.08 Å². The molecule has 0 heterocycles. The molecule has 2 nitrogen and oxygen atoms in total. The summed E-state index contributed by atoms with van der Waals surface area (Å²) in [5.41, 5.74) is 7.57. The quantitative estimate of drug-likeness (QED) is 0.855. The largest absolute Gasteiger partial charge is 0.495 e. The molecule has 0 aliphatic carbocycles. The second-order valence-corrected chi connectivity index (χ2v) is 3.59. The van der Waals surface area contributed by atoms with Gasteiger partial charge in [0.25, 0.3) is 0 Å². The minimum absolute atomic E-state index is 0.533. The van der Waals surface area contributed by atoms with E-state index in [0.29, 0.717) is 11.6 Å². The number of hydrogen-bond donors (Lipinski definition) is 1. The Labute approximate surface area is 95.7 Å². The Morgan fingerprint density at radius 1 is 1.47 bits per heavy atom. The summed E-state index contributed by atoms with van der Waals surface area (Å²) in [6.07, 6.45) is 4.76. The van der Waals surface area contributed by atoms with Crippen molar-refractivity contribution in [1.29, 1.82) is 0 Å². The summed E-state index contributed by atoms with van der Waals surface area (Å²) in [6, 6.07) is 3.95. The molecule has 15 heavy (non-hydrogen) atoms. The molecule has 0 spiro atoms. The van der Waals surface area contributed by atoms with E-state index in [2.05, 4.69) is 13.0 Å². The molecule has 0 aliphatic rings. The van der Waals surface area contributed by atoms with Crippen LogP contribution < -0.4 is 10.5 Å². The average Bonchev–Trinajstić information content (AvgIpc) is 2.25. The maximum absolute atomic E-state index is 6.10. The second kappa shape index (κ2) is 5.79. The first-order chi connectivity index (χ1) is 7.22. The molecule has 0 amide bonds. The molecule has 1 aromatic carbocycles. The Morgan fingerprint density at radius 3 is 2.73 bits per heavy atom. The molecule has 0 aromatic heterocycles. The first kappa shape index (κ1) is 12.1. The van der Waals surface area contributed by atoms with Gasteiger partial charge in [0.15, 0.2) is 0 Å². The van der Waals surface area contributed by atoms with Crippen molar-refractivity contribution in [3.05, 3.63) is 34.4 Å². The molecule has 3 heteroatoms. The molecule has 0 fully saturated rings. The monoisotopic (exact) mass is 225 g/mol. The molecule has 0 unspecified atom stereocenters. The van der Waals surface area contributed by atoms with Gasteiger partial charge < -0.3 is 10.5 Å². The molecule has 1 rings (SSSR count). The number of ether oxygens (including phenoxy) is 1. The third-order valence-corrected chi connectivity index (χ3v) is 2.46. The van der Waals surface area contributed by atoms with Crippen LogP contribution in [0.3, 0.4) is 0 Å². The van der Waals surface area contributed by atoms with Crippen molar-refractivity contribution in [2.75, 3.05) is 13.7 Å². The number of rotatable bonds is 4. The highest BCUT2D eigenvalue weighted by molar-refractivity contribution is 6.32.